The van der Waals surface area contributed by atoms with Crippen LogP contribution in [-0.2, 0) is 11.3 Å². The number of carbonyl (C=O) groups is 1. The van der Waals surface area contributed by atoms with E-state index in [1.54, 1.807) is 18.2 Å². The van der Waals surface area contributed by atoms with Crippen molar-refractivity contribution in [3.05, 3.63) is 52.0 Å². The standard InChI is InChI=1S/C23H25Cl2N3O3/c1-3-4-11-28-19-9-7-15(2)13-17(19)22(23(28)30)27-26-21(29)6-5-12-31-20-10-8-16(24)14-18(20)25/h7-10,13-14,30H,3-6,11-12H2,1-2H3. The van der Waals surface area contributed by atoms with Crippen LogP contribution in [0.3, 0.4) is 0 Å². The zero-order chi connectivity index (χ0) is 22.4. The molecule has 0 spiro atoms. The highest BCUT2D eigenvalue weighted by Crippen LogP contribution is 2.39. The highest BCUT2D eigenvalue weighted by Gasteiger charge is 2.17. The monoisotopic (exact) mass is 461 g/mol. The van der Waals surface area contributed by atoms with Gasteiger partial charge < -0.3 is 14.4 Å². The number of ether oxygens (including phenoxy) is 1. The summed E-state index contributed by atoms with van der Waals surface area (Å²) < 4.78 is 7.40. The van der Waals surface area contributed by atoms with Crippen molar-refractivity contribution in [3.63, 3.8) is 0 Å². The fraction of sp³-hybridized carbons (Fsp3) is 0.348. The third kappa shape index (κ3) is 5.77. The van der Waals surface area contributed by atoms with Crippen LogP contribution in [0.2, 0.25) is 10.0 Å². The Labute approximate surface area is 191 Å². The molecule has 0 bridgehead atoms. The minimum Gasteiger partial charge on any atom is -0.493 e. The molecule has 2 aromatic carbocycles. The van der Waals surface area contributed by atoms with Crippen LogP contribution in [-0.4, -0.2) is 22.2 Å². The molecule has 1 N–H and O–H groups in total. The van der Waals surface area contributed by atoms with E-state index >= 15 is 0 Å². The highest BCUT2D eigenvalue weighted by molar-refractivity contribution is 6.35. The molecule has 0 aliphatic heterocycles. The average molecular weight is 462 g/mol. The van der Waals surface area contributed by atoms with E-state index in [2.05, 4.69) is 17.2 Å². The molecule has 31 heavy (non-hydrogen) atoms. The minimum atomic E-state index is -0.382. The maximum atomic E-state index is 12.2. The zero-order valence-electron chi connectivity index (χ0n) is 17.6. The molecule has 0 unspecified atom stereocenters. The second kappa shape index (κ2) is 10.6. The van der Waals surface area contributed by atoms with E-state index in [0.717, 1.165) is 29.3 Å². The number of carbonyl (C=O) groups excluding carboxylic acids is 1. The van der Waals surface area contributed by atoms with Gasteiger partial charge in [0.25, 0.3) is 5.91 Å². The van der Waals surface area contributed by atoms with Gasteiger partial charge in [-0.25, -0.2) is 0 Å². The molecule has 0 fully saturated rings. The first kappa shape index (κ1) is 23.1. The molecule has 0 aliphatic carbocycles. The topological polar surface area (TPSA) is 76.2 Å². The Kier molecular flexibility index (Phi) is 7.93. The van der Waals surface area contributed by atoms with Crippen LogP contribution >= 0.6 is 23.2 Å². The van der Waals surface area contributed by atoms with Crippen LogP contribution in [0.25, 0.3) is 10.9 Å². The quantitative estimate of drug-likeness (QED) is 0.269. The number of benzene rings is 2. The summed E-state index contributed by atoms with van der Waals surface area (Å²) >= 11 is 11.9. The predicted octanol–water partition coefficient (Wildman–Crippen LogP) is 7.23. The first-order valence-corrected chi connectivity index (χ1v) is 11.0. The second-order valence-electron chi connectivity index (χ2n) is 7.32. The molecule has 3 rings (SSSR count). The van der Waals surface area contributed by atoms with E-state index in [1.807, 2.05) is 29.7 Å². The summed E-state index contributed by atoms with van der Waals surface area (Å²) in [6, 6.07) is 10.9. The van der Waals surface area contributed by atoms with Gasteiger partial charge in [-0.1, -0.05) is 48.2 Å². The van der Waals surface area contributed by atoms with Crippen LogP contribution in [0.1, 0.15) is 38.2 Å². The summed E-state index contributed by atoms with van der Waals surface area (Å²) in [5.41, 5.74) is 2.25. The Bertz CT molecular complexity index is 1110. The molecule has 164 valence electrons. The second-order valence-corrected chi connectivity index (χ2v) is 8.16. The summed E-state index contributed by atoms with van der Waals surface area (Å²) in [4.78, 5) is 12.2. The molecule has 6 nitrogen and oxygen atoms in total. The number of aromatic nitrogens is 1. The molecule has 0 atom stereocenters. The number of rotatable bonds is 9. The molecule has 0 saturated carbocycles. The molecule has 1 amide bonds. The number of halogens is 2. The normalized spacial score (nSPS) is 11.5. The van der Waals surface area contributed by atoms with E-state index in [1.165, 1.54) is 0 Å². The number of nitrogens with zero attached hydrogens (tertiary/aromatic N) is 3. The number of azo groups is 1. The Morgan fingerprint density at radius 1 is 1.16 bits per heavy atom. The Morgan fingerprint density at radius 3 is 2.71 bits per heavy atom. The zero-order valence-corrected chi connectivity index (χ0v) is 19.1. The van der Waals surface area contributed by atoms with E-state index in [0.29, 0.717) is 41.1 Å². The molecule has 3 aromatic rings. The van der Waals surface area contributed by atoms with Crippen molar-refractivity contribution in [3.8, 4) is 11.6 Å². The van der Waals surface area contributed by atoms with Gasteiger partial charge in [0.15, 0.2) is 5.69 Å². The van der Waals surface area contributed by atoms with Crippen molar-refractivity contribution in [1.82, 2.24) is 4.57 Å². The van der Waals surface area contributed by atoms with Gasteiger partial charge in [-0.2, -0.15) is 0 Å². The number of fused-ring (bicyclic) bond motifs is 1. The van der Waals surface area contributed by atoms with E-state index in [-0.39, 0.29) is 18.2 Å². The number of hydrogen-bond donors (Lipinski definition) is 1. The number of unbranched alkanes of at least 4 members (excludes halogenated alkanes) is 1. The molecular formula is C23H25Cl2N3O3. The molecule has 1 aromatic heterocycles. The lowest BCUT2D eigenvalue weighted by molar-refractivity contribution is -0.118. The molecule has 0 aliphatic rings. The summed E-state index contributed by atoms with van der Waals surface area (Å²) in [5.74, 6) is 0.166. The number of hydrogen-bond acceptors (Lipinski definition) is 4. The summed E-state index contributed by atoms with van der Waals surface area (Å²) in [6.45, 7) is 5.05. The third-order valence-corrected chi connectivity index (χ3v) is 5.38. The fourth-order valence-corrected chi connectivity index (χ4v) is 3.70. The lowest BCUT2D eigenvalue weighted by Gasteiger charge is -2.07. The average Bonchev–Trinajstić information content (AvgIpc) is 2.99. The van der Waals surface area contributed by atoms with E-state index in [4.69, 9.17) is 27.9 Å². The van der Waals surface area contributed by atoms with Crippen molar-refractivity contribution < 1.29 is 14.6 Å². The molecule has 1 heterocycles. The van der Waals surface area contributed by atoms with Crippen LogP contribution < -0.4 is 4.74 Å². The lowest BCUT2D eigenvalue weighted by atomic mass is 10.1. The van der Waals surface area contributed by atoms with Gasteiger partial charge in [-0.05, 0) is 50.1 Å². The first-order chi connectivity index (χ1) is 14.9. The van der Waals surface area contributed by atoms with Gasteiger partial charge in [0, 0.05) is 23.4 Å². The fourth-order valence-electron chi connectivity index (χ4n) is 3.23. The molecule has 0 radical (unpaired) electrons. The Hall–Kier alpha value is -2.57. The number of aromatic hydroxyl groups is 1. The largest absolute Gasteiger partial charge is 0.493 e. The van der Waals surface area contributed by atoms with E-state index < -0.39 is 0 Å². The van der Waals surface area contributed by atoms with Crippen molar-refractivity contribution in [2.45, 2.75) is 46.1 Å². The highest BCUT2D eigenvalue weighted by atomic mass is 35.5. The molecule has 0 saturated heterocycles. The smallest absolute Gasteiger partial charge is 0.264 e. The maximum Gasteiger partial charge on any atom is 0.264 e. The Morgan fingerprint density at radius 2 is 1.97 bits per heavy atom. The molecular weight excluding hydrogens is 437 g/mol. The number of aryl methyl sites for hydroxylation is 2. The van der Waals surface area contributed by atoms with Crippen molar-refractivity contribution in [2.24, 2.45) is 10.2 Å². The van der Waals surface area contributed by atoms with Crippen LogP contribution in [0, 0.1) is 6.92 Å². The maximum absolute atomic E-state index is 12.2. The van der Waals surface area contributed by atoms with Crippen LogP contribution in [0.5, 0.6) is 11.6 Å². The van der Waals surface area contributed by atoms with E-state index in [9.17, 15) is 9.90 Å². The van der Waals surface area contributed by atoms with Gasteiger partial charge in [0.05, 0.1) is 17.1 Å². The van der Waals surface area contributed by atoms with Crippen LogP contribution in [0.15, 0.2) is 46.6 Å². The summed E-state index contributed by atoms with van der Waals surface area (Å²) in [6.07, 6.45) is 2.56. The van der Waals surface area contributed by atoms with Gasteiger partial charge >= 0.3 is 0 Å². The molecule has 8 heteroatoms. The summed E-state index contributed by atoms with van der Waals surface area (Å²) in [5, 5.41) is 20.3. The predicted molar refractivity (Wildman–Crippen MR) is 124 cm³/mol. The third-order valence-electron chi connectivity index (χ3n) is 4.85. The van der Waals surface area contributed by atoms with Crippen molar-refractivity contribution in [2.75, 3.05) is 6.61 Å². The Balaban J connectivity index is 1.64. The van der Waals surface area contributed by atoms with Gasteiger partial charge in [0.1, 0.15) is 5.75 Å². The van der Waals surface area contributed by atoms with Gasteiger partial charge in [0.2, 0.25) is 5.88 Å². The van der Waals surface area contributed by atoms with Crippen LogP contribution in [0.4, 0.5) is 5.69 Å². The van der Waals surface area contributed by atoms with Crippen molar-refractivity contribution in [1.29, 1.82) is 0 Å². The van der Waals surface area contributed by atoms with Crippen molar-refractivity contribution >= 4 is 45.7 Å². The first-order valence-electron chi connectivity index (χ1n) is 10.2. The van der Waals surface area contributed by atoms with Gasteiger partial charge in [-0.15, -0.1) is 10.2 Å². The SMILES string of the molecule is CCCCn1c(O)c(N=NC(=O)CCCOc2ccc(Cl)cc2Cl)c2cc(C)ccc21. The van der Waals surface area contributed by atoms with Gasteiger partial charge in [-0.3, -0.25) is 4.79 Å². The minimum absolute atomic E-state index is 0.0336. The number of amides is 1. The summed E-state index contributed by atoms with van der Waals surface area (Å²) in [7, 11) is 0. The lowest BCUT2D eigenvalue weighted by Crippen LogP contribution is -2.01.